The van der Waals surface area contributed by atoms with Crippen molar-refractivity contribution in [2.75, 3.05) is 21.3 Å². The number of ether oxygens (including phenoxy) is 3. The van der Waals surface area contributed by atoms with Crippen molar-refractivity contribution in [3.8, 4) is 17.2 Å². The Morgan fingerprint density at radius 1 is 0.720 bits per heavy atom. The van der Waals surface area contributed by atoms with Gasteiger partial charge in [0.05, 0.1) is 32.6 Å². The van der Waals surface area contributed by atoms with E-state index in [-0.39, 0.29) is 28.6 Å². The number of ketones is 2. The summed E-state index contributed by atoms with van der Waals surface area (Å²) in [5.74, 6) is 0.319. The quantitative estimate of drug-likeness (QED) is 0.920. The normalized spacial score (nSPS) is 13.6. The van der Waals surface area contributed by atoms with Crippen LogP contribution in [0.25, 0.3) is 5.57 Å². The molecular formula is C19H17NO5. The third kappa shape index (κ3) is 2.42. The van der Waals surface area contributed by atoms with Crippen LogP contribution in [-0.4, -0.2) is 32.9 Å². The molecule has 0 spiro atoms. The van der Waals surface area contributed by atoms with Gasteiger partial charge in [0.2, 0.25) is 11.5 Å². The van der Waals surface area contributed by atoms with Crippen LogP contribution in [0.5, 0.6) is 17.2 Å². The first-order chi connectivity index (χ1) is 12.0. The van der Waals surface area contributed by atoms with E-state index in [1.54, 1.807) is 36.4 Å². The summed E-state index contributed by atoms with van der Waals surface area (Å²) in [6, 6.07) is 9.85. The molecule has 0 atom stereocenters. The summed E-state index contributed by atoms with van der Waals surface area (Å²) in [7, 11) is 4.40. The minimum Gasteiger partial charge on any atom is -0.493 e. The van der Waals surface area contributed by atoms with E-state index in [0.29, 0.717) is 28.2 Å². The van der Waals surface area contributed by atoms with Crippen molar-refractivity contribution in [1.82, 2.24) is 0 Å². The molecule has 3 rings (SSSR count). The van der Waals surface area contributed by atoms with Crippen LogP contribution in [-0.2, 0) is 0 Å². The van der Waals surface area contributed by atoms with Gasteiger partial charge in [0.1, 0.15) is 0 Å². The highest BCUT2D eigenvalue weighted by molar-refractivity contribution is 6.40. The van der Waals surface area contributed by atoms with E-state index < -0.39 is 0 Å². The van der Waals surface area contributed by atoms with E-state index in [2.05, 4.69) is 0 Å². The number of carbonyl (C=O) groups is 2. The van der Waals surface area contributed by atoms with E-state index in [1.807, 2.05) is 0 Å². The average molecular weight is 339 g/mol. The Morgan fingerprint density at radius 3 is 1.88 bits per heavy atom. The van der Waals surface area contributed by atoms with E-state index in [0.717, 1.165) is 0 Å². The molecule has 2 aromatic rings. The highest BCUT2D eigenvalue weighted by Crippen LogP contribution is 2.44. The van der Waals surface area contributed by atoms with Gasteiger partial charge < -0.3 is 19.9 Å². The number of allylic oxidation sites excluding steroid dienone is 2. The summed E-state index contributed by atoms with van der Waals surface area (Å²) in [6.45, 7) is 0. The SMILES string of the molecule is COc1ccc(C2=C(N)C(=O)c3ccccc3C2=O)c(OC)c1OC. The molecule has 6 nitrogen and oxygen atoms in total. The first kappa shape index (κ1) is 16.6. The minimum atomic E-state index is -0.387. The zero-order valence-electron chi connectivity index (χ0n) is 14.1. The zero-order valence-corrected chi connectivity index (χ0v) is 14.1. The van der Waals surface area contributed by atoms with Gasteiger partial charge >= 0.3 is 0 Å². The Labute approximate surface area is 144 Å². The molecule has 0 saturated heterocycles. The lowest BCUT2D eigenvalue weighted by Crippen LogP contribution is -2.26. The molecule has 0 fully saturated rings. The predicted octanol–water partition coefficient (Wildman–Crippen LogP) is 2.46. The first-order valence-corrected chi connectivity index (χ1v) is 7.52. The molecule has 0 aromatic heterocycles. The molecule has 1 aliphatic carbocycles. The van der Waals surface area contributed by atoms with E-state index >= 15 is 0 Å². The lowest BCUT2D eigenvalue weighted by atomic mass is 9.84. The molecule has 128 valence electrons. The van der Waals surface area contributed by atoms with Gasteiger partial charge in [-0.3, -0.25) is 9.59 Å². The van der Waals surface area contributed by atoms with Gasteiger partial charge in [-0.05, 0) is 12.1 Å². The monoisotopic (exact) mass is 339 g/mol. The van der Waals surface area contributed by atoms with Crippen molar-refractivity contribution in [2.24, 2.45) is 5.73 Å². The molecule has 2 N–H and O–H groups in total. The standard InChI is InChI=1S/C19H17NO5/c1-23-13-9-8-12(18(24-2)19(13)25-3)14-15(20)17(22)11-7-5-4-6-10(11)16(14)21/h4-9H,20H2,1-3H3. The van der Waals surface area contributed by atoms with Crippen LogP contribution in [0.4, 0.5) is 0 Å². The highest BCUT2D eigenvalue weighted by atomic mass is 16.5. The third-order valence-corrected chi connectivity index (χ3v) is 4.13. The van der Waals surface area contributed by atoms with Crippen LogP contribution in [0.2, 0.25) is 0 Å². The van der Waals surface area contributed by atoms with Crippen LogP contribution in [0.3, 0.4) is 0 Å². The Kier molecular flexibility index (Phi) is 4.19. The molecule has 0 heterocycles. The summed E-state index contributed by atoms with van der Waals surface area (Å²) in [4.78, 5) is 25.6. The second kappa shape index (κ2) is 6.32. The molecule has 0 aliphatic heterocycles. The molecule has 0 bridgehead atoms. The summed E-state index contributed by atoms with van der Waals surface area (Å²) in [6.07, 6.45) is 0. The van der Waals surface area contributed by atoms with Crippen LogP contribution < -0.4 is 19.9 Å². The number of hydrogen-bond acceptors (Lipinski definition) is 6. The van der Waals surface area contributed by atoms with E-state index in [4.69, 9.17) is 19.9 Å². The van der Waals surface area contributed by atoms with Crippen LogP contribution >= 0.6 is 0 Å². The second-order valence-electron chi connectivity index (χ2n) is 5.37. The van der Waals surface area contributed by atoms with Gasteiger partial charge in [-0.1, -0.05) is 24.3 Å². The van der Waals surface area contributed by atoms with Crippen molar-refractivity contribution in [3.63, 3.8) is 0 Å². The number of methoxy groups -OCH3 is 3. The summed E-state index contributed by atoms with van der Waals surface area (Å²) in [5.41, 5.74) is 7.00. The molecule has 6 heteroatoms. The van der Waals surface area contributed by atoms with Gasteiger partial charge in [-0.2, -0.15) is 0 Å². The number of carbonyl (C=O) groups excluding carboxylic acids is 2. The molecular weight excluding hydrogens is 322 g/mol. The lowest BCUT2D eigenvalue weighted by molar-refractivity contribution is 0.0990. The smallest absolute Gasteiger partial charge is 0.210 e. The van der Waals surface area contributed by atoms with Gasteiger partial charge in [-0.15, -0.1) is 0 Å². The van der Waals surface area contributed by atoms with Gasteiger partial charge in [0, 0.05) is 16.7 Å². The fourth-order valence-corrected chi connectivity index (χ4v) is 2.96. The molecule has 2 aromatic carbocycles. The maximum absolute atomic E-state index is 13.0. The Morgan fingerprint density at radius 2 is 1.32 bits per heavy atom. The summed E-state index contributed by atoms with van der Waals surface area (Å²) in [5, 5.41) is 0. The highest BCUT2D eigenvalue weighted by Gasteiger charge is 2.33. The average Bonchev–Trinajstić information content (AvgIpc) is 2.65. The number of hydrogen-bond donors (Lipinski definition) is 1. The van der Waals surface area contributed by atoms with E-state index in [9.17, 15) is 9.59 Å². The molecule has 0 unspecified atom stereocenters. The van der Waals surface area contributed by atoms with Crippen LogP contribution in [0, 0.1) is 0 Å². The lowest BCUT2D eigenvalue weighted by Gasteiger charge is -2.21. The molecule has 1 aliphatic rings. The molecule has 0 radical (unpaired) electrons. The second-order valence-corrected chi connectivity index (χ2v) is 5.37. The van der Waals surface area contributed by atoms with Crippen molar-refractivity contribution in [2.45, 2.75) is 0 Å². The fraction of sp³-hybridized carbons (Fsp3) is 0.158. The van der Waals surface area contributed by atoms with Crippen LogP contribution in [0.15, 0.2) is 42.1 Å². The Hall–Kier alpha value is -3.28. The van der Waals surface area contributed by atoms with Gasteiger partial charge in [0.25, 0.3) is 0 Å². The summed E-state index contributed by atoms with van der Waals surface area (Å²) < 4.78 is 16.0. The Balaban J connectivity index is 2.28. The summed E-state index contributed by atoms with van der Waals surface area (Å²) >= 11 is 0. The molecule has 0 amide bonds. The Bertz CT molecular complexity index is 914. The fourth-order valence-electron chi connectivity index (χ4n) is 2.96. The number of nitrogens with two attached hydrogens (primary N) is 1. The van der Waals surface area contributed by atoms with Crippen LogP contribution in [0.1, 0.15) is 26.3 Å². The van der Waals surface area contributed by atoms with Crippen molar-refractivity contribution in [3.05, 3.63) is 58.8 Å². The van der Waals surface area contributed by atoms with Crippen molar-refractivity contribution >= 4 is 17.1 Å². The zero-order chi connectivity index (χ0) is 18.1. The number of Topliss-reactive ketones (excluding diaryl/α,β-unsaturated/α-hetero) is 2. The van der Waals surface area contributed by atoms with Crippen molar-refractivity contribution in [1.29, 1.82) is 0 Å². The van der Waals surface area contributed by atoms with Gasteiger partial charge in [0.15, 0.2) is 17.3 Å². The maximum atomic E-state index is 13.0. The molecule has 0 saturated carbocycles. The van der Waals surface area contributed by atoms with E-state index in [1.165, 1.54) is 21.3 Å². The topological polar surface area (TPSA) is 87.9 Å². The third-order valence-electron chi connectivity index (χ3n) is 4.13. The number of fused-ring (bicyclic) bond motifs is 1. The van der Waals surface area contributed by atoms with Crippen molar-refractivity contribution < 1.29 is 23.8 Å². The van der Waals surface area contributed by atoms with Gasteiger partial charge in [-0.25, -0.2) is 0 Å². The first-order valence-electron chi connectivity index (χ1n) is 7.52. The largest absolute Gasteiger partial charge is 0.493 e. The number of benzene rings is 2. The number of rotatable bonds is 4. The maximum Gasteiger partial charge on any atom is 0.210 e. The predicted molar refractivity (Wildman–Crippen MR) is 92.3 cm³/mol. The molecule has 25 heavy (non-hydrogen) atoms. The minimum absolute atomic E-state index is 0.0986.